The normalized spacial score (nSPS) is 11.5. The van der Waals surface area contributed by atoms with E-state index in [2.05, 4.69) is 20.5 Å². The molecular formula is C15H13F3N6O. The highest BCUT2D eigenvalue weighted by Crippen LogP contribution is 2.27. The van der Waals surface area contributed by atoms with Crippen molar-refractivity contribution in [1.29, 1.82) is 0 Å². The predicted molar refractivity (Wildman–Crippen MR) is 81.8 cm³/mol. The smallest absolute Gasteiger partial charge is 0.288 e. The van der Waals surface area contributed by atoms with Gasteiger partial charge in [-0.15, -0.1) is 5.10 Å². The van der Waals surface area contributed by atoms with Gasteiger partial charge in [0, 0.05) is 6.07 Å². The number of nitrogens with zero attached hydrogens (tertiary/aromatic N) is 4. The first-order valence-electron chi connectivity index (χ1n) is 7.21. The van der Waals surface area contributed by atoms with E-state index in [1.165, 1.54) is 11.0 Å². The fourth-order valence-electron chi connectivity index (χ4n) is 2.14. The van der Waals surface area contributed by atoms with Crippen molar-refractivity contribution in [2.45, 2.75) is 19.6 Å². The van der Waals surface area contributed by atoms with Crippen LogP contribution in [0.3, 0.4) is 0 Å². The van der Waals surface area contributed by atoms with Crippen LogP contribution < -0.4 is 5.32 Å². The third-order valence-electron chi connectivity index (χ3n) is 3.47. The van der Waals surface area contributed by atoms with Gasteiger partial charge in [0.05, 0.1) is 6.54 Å². The monoisotopic (exact) mass is 350 g/mol. The summed E-state index contributed by atoms with van der Waals surface area (Å²) in [7, 11) is 0. The molecule has 3 rings (SSSR count). The summed E-state index contributed by atoms with van der Waals surface area (Å²) in [6.45, 7) is 2.42. The van der Waals surface area contributed by atoms with E-state index in [1.54, 1.807) is 5.10 Å². The molecule has 0 atom stereocenters. The topological polar surface area (TPSA) is 88.5 Å². The van der Waals surface area contributed by atoms with E-state index in [0.29, 0.717) is 12.6 Å². The molecule has 0 saturated carbocycles. The van der Waals surface area contributed by atoms with Gasteiger partial charge in [-0.1, -0.05) is 24.3 Å². The number of carbonyl (C=O) groups excluding carboxylic acids is 1. The van der Waals surface area contributed by atoms with Crippen LogP contribution in [0.15, 0.2) is 36.7 Å². The van der Waals surface area contributed by atoms with Gasteiger partial charge < -0.3 is 0 Å². The molecule has 3 aromatic rings. The van der Waals surface area contributed by atoms with Gasteiger partial charge >= 0.3 is 6.18 Å². The van der Waals surface area contributed by atoms with E-state index in [9.17, 15) is 18.0 Å². The molecule has 2 aromatic heterocycles. The first kappa shape index (κ1) is 16.7. The molecule has 0 aliphatic heterocycles. The zero-order chi connectivity index (χ0) is 18.0. The summed E-state index contributed by atoms with van der Waals surface area (Å²) in [5.74, 6) is -0.851. The number of alkyl halides is 3. The number of rotatable bonds is 4. The second kappa shape index (κ2) is 6.38. The van der Waals surface area contributed by atoms with Crippen molar-refractivity contribution in [3.63, 3.8) is 0 Å². The number of H-pyrrole nitrogens is 1. The van der Waals surface area contributed by atoms with Crippen LogP contribution in [0.1, 0.15) is 27.3 Å². The van der Waals surface area contributed by atoms with Crippen molar-refractivity contribution in [1.82, 2.24) is 25.0 Å². The number of anilines is 1. The molecule has 0 fully saturated rings. The zero-order valence-corrected chi connectivity index (χ0v) is 13.0. The van der Waals surface area contributed by atoms with E-state index < -0.39 is 23.5 Å². The molecular weight excluding hydrogens is 337 g/mol. The number of carbonyl (C=O) groups is 1. The Balaban J connectivity index is 1.68. The number of benzene rings is 1. The fourth-order valence-corrected chi connectivity index (χ4v) is 2.14. The maximum atomic E-state index is 12.5. The molecule has 7 nitrogen and oxygen atoms in total. The highest BCUT2D eigenvalue weighted by molar-refractivity contribution is 6.01. The van der Waals surface area contributed by atoms with Crippen molar-refractivity contribution in [2.24, 2.45) is 0 Å². The Hall–Kier alpha value is -3.17. The van der Waals surface area contributed by atoms with Gasteiger partial charge in [-0.05, 0) is 18.1 Å². The number of halogens is 3. The molecule has 1 aromatic carbocycles. The predicted octanol–water partition coefficient (Wildman–Crippen LogP) is 2.63. The van der Waals surface area contributed by atoms with Crippen LogP contribution in [0, 0.1) is 6.92 Å². The van der Waals surface area contributed by atoms with Crippen LogP contribution >= 0.6 is 0 Å². The second-order valence-corrected chi connectivity index (χ2v) is 5.31. The maximum absolute atomic E-state index is 12.5. The highest BCUT2D eigenvalue weighted by Gasteiger charge is 2.33. The number of nitrogens with one attached hydrogen (secondary N) is 2. The van der Waals surface area contributed by atoms with Crippen LogP contribution in [0.2, 0.25) is 0 Å². The Labute approximate surface area is 139 Å². The molecule has 130 valence electrons. The third-order valence-corrected chi connectivity index (χ3v) is 3.47. The average molecular weight is 350 g/mol. The lowest BCUT2D eigenvalue weighted by Gasteiger charge is -2.04. The summed E-state index contributed by atoms with van der Waals surface area (Å²) < 4.78 is 39.0. The van der Waals surface area contributed by atoms with Gasteiger partial charge in [0.15, 0.2) is 5.69 Å². The van der Waals surface area contributed by atoms with Crippen LogP contribution in [0.4, 0.5) is 19.1 Å². The maximum Gasteiger partial charge on any atom is 0.432 e. The van der Waals surface area contributed by atoms with Crippen molar-refractivity contribution in [2.75, 3.05) is 5.32 Å². The SMILES string of the molecule is Cc1ccccc1Cn1cnc(NC(=O)c2cc(C(F)(F)F)[nH]n2)n1. The molecule has 0 unspecified atom stereocenters. The lowest BCUT2D eigenvalue weighted by atomic mass is 10.1. The summed E-state index contributed by atoms with van der Waals surface area (Å²) >= 11 is 0. The van der Waals surface area contributed by atoms with Crippen molar-refractivity contribution >= 4 is 11.9 Å². The number of aromatic nitrogens is 5. The molecule has 0 aliphatic rings. The van der Waals surface area contributed by atoms with E-state index >= 15 is 0 Å². The number of aryl methyl sites for hydroxylation is 1. The minimum atomic E-state index is -4.60. The lowest BCUT2D eigenvalue weighted by molar-refractivity contribution is -0.141. The van der Waals surface area contributed by atoms with Gasteiger partial charge in [-0.2, -0.15) is 18.3 Å². The molecule has 0 bridgehead atoms. The highest BCUT2D eigenvalue weighted by atomic mass is 19.4. The van der Waals surface area contributed by atoms with E-state index in [4.69, 9.17) is 0 Å². The summed E-state index contributed by atoms with van der Waals surface area (Å²) in [5, 5.41) is 11.5. The minimum Gasteiger partial charge on any atom is -0.288 e. The van der Waals surface area contributed by atoms with Crippen LogP contribution in [0.25, 0.3) is 0 Å². The standard InChI is InChI=1S/C15H13F3N6O/c1-9-4-2-3-5-10(9)7-24-8-19-14(23-24)20-13(25)11-6-12(22-21-11)15(16,17)18/h2-6,8H,7H2,1H3,(H,21,22)(H,20,23,25). The van der Waals surface area contributed by atoms with E-state index in [1.807, 2.05) is 31.2 Å². The minimum absolute atomic E-state index is 0.0184. The summed E-state index contributed by atoms with van der Waals surface area (Å²) in [6, 6.07) is 8.35. The zero-order valence-electron chi connectivity index (χ0n) is 13.0. The van der Waals surface area contributed by atoms with Gasteiger partial charge in [0.1, 0.15) is 12.0 Å². The second-order valence-electron chi connectivity index (χ2n) is 5.31. The average Bonchev–Trinajstić information content (AvgIpc) is 3.18. The number of hydrogen-bond acceptors (Lipinski definition) is 4. The molecule has 2 N–H and O–H groups in total. The van der Waals surface area contributed by atoms with Crippen LogP contribution in [-0.2, 0) is 12.7 Å². The largest absolute Gasteiger partial charge is 0.432 e. The van der Waals surface area contributed by atoms with Gasteiger partial charge in [0.2, 0.25) is 5.95 Å². The lowest BCUT2D eigenvalue weighted by Crippen LogP contribution is -2.14. The van der Waals surface area contributed by atoms with Gasteiger partial charge in [0.25, 0.3) is 5.91 Å². The number of amides is 1. The Morgan fingerprint density at radius 3 is 2.76 bits per heavy atom. The van der Waals surface area contributed by atoms with Crippen LogP contribution in [-0.4, -0.2) is 30.9 Å². The molecule has 0 aliphatic carbocycles. The van der Waals surface area contributed by atoms with E-state index in [0.717, 1.165) is 11.1 Å². The fraction of sp³-hybridized carbons (Fsp3) is 0.200. The summed E-state index contributed by atoms with van der Waals surface area (Å²) in [6.07, 6.45) is -3.17. The molecule has 1 amide bonds. The van der Waals surface area contributed by atoms with Crippen molar-refractivity contribution in [3.8, 4) is 0 Å². The van der Waals surface area contributed by atoms with E-state index in [-0.39, 0.29) is 5.95 Å². The van der Waals surface area contributed by atoms with Crippen LogP contribution in [0.5, 0.6) is 0 Å². The molecule has 2 heterocycles. The Morgan fingerprint density at radius 2 is 2.08 bits per heavy atom. The first-order chi connectivity index (χ1) is 11.8. The summed E-state index contributed by atoms with van der Waals surface area (Å²) in [5.41, 5.74) is 0.616. The van der Waals surface area contributed by atoms with Gasteiger partial charge in [-0.25, -0.2) is 9.67 Å². The molecule has 0 radical (unpaired) electrons. The van der Waals surface area contributed by atoms with Gasteiger partial charge in [-0.3, -0.25) is 15.2 Å². The van der Waals surface area contributed by atoms with Crippen molar-refractivity contribution in [3.05, 3.63) is 59.2 Å². The molecule has 25 heavy (non-hydrogen) atoms. The third kappa shape index (κ3) is 3.84. The quantitative estimate of drug-likeness (QED) is 0.757. The molecule has 0 spiro atoms. The number of hydrogen-bond donors (Lipinski definition) is 2. The number of aromatic amines is 1. The molecule has 0 saturated heterocycles. The summed E-state index contributed by atoms with van der Waals surface area (Å²) in [4.78, 5) is 15.8. The molecule has 10 heteroatoms. The Kier molecular flexibility index (Phi) is 4.26. The Bertz CT molecular complexity index is 899. The first-order valence-corrected chi connectivity index (χ1v) is 7.21. The van der Waals surface area contributed by atoms with Crippen molar-refractivity contribution < 1.29 is 18.0 Å². The Morgan fingerprint density at radius 1 is 1.32 bits per heavy atom.